The summed E-state index contributed by atoms with van der Waals surface area (Å²) in [5.41, 5.74) is 3.66. The number of sulfonamides is 1. The molecule has 0 aliphatic heterocycles. The van der Waals surface area contributed by atoms with Crippen LogP contribution >= 0.6 is 0 Å². The third-order valence-corrected chi connectivity index (χ3v) is 5.91. The molecule has 26 heavy (non-hydrogen) atoms. The van der Waals surface area contributed by atoms with Gasteiger partial charge in [-0.1, -0.05) is 29.8 Å². The van der Waals surface area contributed by atoms with E-state index in [0.717, 1.165) is 16.7 Å². The summed E-state index contributed by atoms with van der Waals surface area (Å²) in [6.45, 7) is 8.26. The van der Waals surface area contributed by atoms with Crippen molar-refractivity contribution in [2.75, 3.05) is 4.72 Å². The smallest absolute Gasteiger partial charge is 0.262 e. The molecule has 1 aromatic heterocycles. The SMILES string of the molecule is CCn1cnnc1-c1ccccc1NS(=O)(=O)c1c(C)cc(C)cc1C. The second kappa shape index (κ2) is 6.92. The maximum atomic E-state index is 13.1. The minimum atomic E-state index is -3.73. The Morgan fingerprint density at radius 1 is 1.08 bits per heavy atom. The molecule has 0 spiro atoms. The van der Waals surface area contributed by atoms with Gasteiger partial charge in [0.15, 0.2) is 5.82 Å². The minimum Gasteiger partial charge on any atom is -0.314 e. The monoisotopic (exact) mass is 370 g/mol. The number of aromatic nitrogens is 3. The highest BCUT2D eigenvalue weighted by Gasteiger charge is 2.22. The van der Waals surface area contributed by atoms with Crippen molar-refractivity contribution in [2.45, 2.75) is 39.1 Å². The Balaban J connectivity index is 2.08. The summed E-state index contributed by atoms with van der Waals surface area (Å²) >= 11 is 0. The van der Waals surface area contributed by atoms with Crippen LogP contribution in [0.25, 0.3) is 11.4 Å². The van der Waals surface area contributed by atoms with Crippen LogP contribution in [0, 0.1) is 20.8 Å². The molecule has 0 fully saturated rings. The van der Waals surface area contributed by atoms with Crippen LogP contribution in [-0.4, -0.2) is 23.2 Å². The van der Waals surface area contributed by atoms with Crippen molar-refractivity contribution in [1.82, 2.24) is 14.8 Å². The van der Waals surface area contributed by atoms with Crippen molar-refractivity contribution in [2.24, 2.45) is 0 Å². The van der Waals surface area contributed by atoms with E-state index in [0.29, 0.717) is 28.5 Å². The van der Waals surface area contributed by atoms with Gasteiger partial charge in [-0.2, -0.15) is 0 Å². The predicted octanol–water partition coefficient (Wildman–Crippen LogP) is 3.69. The van der Waals surface area contributed by atoms with Crippen LogP contribution in [0.15, 0.2) is 47.6 Å². The summed E-state index contributed by atoms with van der Waals surface area (Å²) in [4.78, 5) is 0.315. The van der Waals surface area contributed by atoms with E-state index in [1.165, 1.54) is 0 Å². The Hall–Kier alpha value is -2.67. The maximum Gasteiger partial charge on any atom is 0.262 e. The van der Waals surface area contributed by atoms with Gasteiger partial charge in [0, 0.05) is 12.1 Å². The molecule has 136 valence electrons. The normalized spacial score (nSPS) is 11.5. The maximum absolute atomic E-state index is 13.1. The van der Waals surface area contributed by atoms with Crippen LogP contribution in [0.2, 0.25) is 0 Å². The first-order chi connectivity index (χ1) is 12.3. The molecule has 3 aromatic rings. The van der Waals surface area contributed by atoms with E-state index in [2.05, 4.69) is 14.9 Å². The quantitative estimate of drug-likeness (QED) is 0.743. The molecule has 0 amide bonds. The molecule has 1 N–H and O–H groups in total. The van der Waals surface area contributed by atoms with Crippen LogP contribution in [0.3, 0.4) is 0 Å². The van der Waals surface area contributed by atoms with Crippen molar-refractivity contribution in [3.8, 4) is 11.4 Å². The Morgan fingerprint density at radius 2 is 1.73 bits per heavy atom. The highest BCUT2D eigenvalue weighted by molar-refractivity contribution is 7.92. The molecule has 0 unspecified atom stereocenters. The van der Waals surface area contributed by atoms with E-state index in [1.54, 1.807) is 18.5 Å². The first-order valence-electron chi connectivity index (χ1n) is 8.41. The van der Waals surface area contributed by atoms with Crippen molar-refractivity contribution >= 4 is 15.7 Å². The fourth-order valence-electron chi connectivity index (χ4n) is 3.25. The second-order valence-corrected chi connectivity index (χ2v) is 7.94. The fourth-order valence-corrected chi connectivity index (χ4v) is 4.78. The van der Waals surface area contributed by atoms with Crippen molar-refractivity contribution in [3.63, 3.8) is 0 Å². The standard InChI is InChI=1S/C19H22N4O2S/c1-5-23-12-20-21-19(23)16-8-6-7-9-17(16)22-26(24,25)18-14(3)10-13(2)11-15(18)4/h6-12,22H,5H2,1-4H3. The molecular weight excluding hydrogens is 348 g/mol. The lowest BCUT2D eigenvalue weighted by Gasteiger charge is -2.16. The fraction of sp³-hybridized carbons (Fsp3) is 0.263. The first kappa shape index (κ1) is 18.1. The van der Waals surface area contributed by atoms with Crippen LogP contribution in [0.5, 0.6) is 0 Å². The average molecular weight is 370 g/mol. The van der Waals surface area contributed by atoms with Crippen LogP contribution in [0.4, 0.5) is 5.69 Å². The Labute approximate surface area is 154 Å². The molecule has 0 saturated carbocycles. The van der Waals surface area contributed by atoms with Gasteiger partial charge < -0.3 is 4.57 Å². The summed E-state index contributed by atoms with van der Waals surface area (Å²) in [5.74, 6) is 0.628. The molecule has 1 heterocycles. The molecule has 0 radical (unpaired) electrons. The van der Waals surface area contributed by atoms with Gasteiger partial charge in [-0.25, -0.2) is 8.42 Å². The van der Waals surface area contributed by atoms with E-state index in [4.69, 9.17) is 0 Å². The third kappa shape index (κ3) is 3.35. The van der Waals surface area contributed by atoms with E-state index in [1.807, 2.05) is 56.5 Å². The van der Waals surface area contributed by atoms with E-state index in [9.17, 15) is 8.42 Å². The Bertz CT molecular complexity index is 1030. The number of hydrogen-bond acceptors (Lipinski definition) is 4. The van der Waals surface area contributed by atoms with Crippen LogP contribution < -0.4 is 4.72 Å². The molecule has 7 heteroatoms. The summed E-state index contributed by atoms with van der Waals surface area (Å²) in [5, 5.41) is 8.08. The zero-order valence-electron chi connectivity index (χ0n) is 15.3. The van der Waals surface area contributed by atoms with Gasteiger partial charge in [-0.15, -0.1) is 10.2 Å². The summed E-state index contributed by atoms with van der Waals surface area (Å²) < 4.78 is 30.8. The Kier molecular flexibility index (Phi) is 4.82. The molecule has 0 aliphatic rings. The lowest BCUT2D eigenvalue weighted by molar-refractivity contribution is 0.600. The predicted molar refractivity (Wildman–Crippen MR) is 103 cm³/mol. The third-order valence-electron chi connectivity index (χ3n) is 4.24. The highest BCUT2D eigenvalue weighted by Crippen LogP contribution is 2.30. The van der Waals surface area contributed by atoms with Gasteiger partial charge >= 0.3 is 0 Å². The van der Waals surface area contributed by atoms with Crippen molar-refractivity contribution in [3.05, 3.63) is 59.4 Å². The van der Waals surface area contributed by atoms with Crippen molar-refractivity contribution in [1.29, 1.82) is 0 Å². The van der Waals surface area contributed by atoms with Crippen molar-refractivity contribution < 1.29 is 8.42 Å². The van der Waals surface area contributed by atoms with Gasteiger partial charge in [-0.05, 0) is 51.0 Å². The zero-order chi connectivity index (χ0) is 18.9. The number of hydrogen-bond donors (Lipinski definition) is 1. The van der Waals surface area contributed by atoms with E-state index < -0.39 is 10.0 Å². The number of rotatable bonds is 5. The number of nitrogens with one attached hydrogen (secondary N) is 1. The van der Waals surface area contributed by atoms with Crippen LogP contribution in [-0.2, 0) is 16.6 Å². The van der Waals surface area contributed by atoms with Crippen LogP contribution in [0.1, 0.15) is 23.6 Å². The number of para-hydroxylation sites is 1. The van der Waals surface area contributed by atoms with Gasteiger partial charge in [0.2, 0.25) is 0 Å². The van der Waals surface area contributed by atoms with Gasteiger partial charge in [-0.3, -0.25) is 4.72 Å². The average Bonchev–Trinajstić information content (AvgIpc) is 3.02. The molecular formula is C19H22N4O2S. The molecule has 0 bridgehead atoms. The minimum absolute atomic E-state index is 0.315. The van der Waals surface area contributed by atoms with Gasteiger partial charge in [0.05, 0.1) is 10.6 Å². The lowest BCUT2D eigenvalue weighted by atomic mass is 10.1. The molecule has 6 nitrogen and oxygen atoms in total. The molecule has 0 saturated heterocycles. The molecule has 0 aliphatic carbocycles. The number of anilines is 1. The highest BCUT2D eigenvalue weighted by atomic mass is 32.2. The largest absolute Gasteiger partial charge is 0.314 e. The number of aryl methyl sites for hydroxylation is 4. The summed E-state index contributed by atoms with van der Waals surface area (Å²) in [7, 11) is -3.73. The van der Waals surface area contributed by atoms with Gasteiger partial charge in [0.25, 0.3) is 10.0 Å². The second-order valence-electron chi connectivity index (χ2n) is 6.32. The van der Waals surface area contributed by atoms with E-state index >= 15 is 0 Å². The van der Waals surface area contributed by atoms with Gasteiger partial charge in [0.1, 0.15) is 6.33 Å². The molecule has 3 rings (SSSR count). The first-order valence-corrected chi connectivity index (χ1v) is 9.89. The summed E-state index contributed by atoms with van der Waals surface area (Å²) in [6.07, 6.45) is 1.63. The molecule has 0 atom stereocenters. The summed E-state index contributed by atoms with van der Waals surface area (Å²) in [6, 6.07) is 11.0. The lowest BCUT2D eigenvalue weighted by Crippen LogP contribution is -2.16. The number of nitrogens with zero attached hydrogens (tertiary/aromatic N) is 3. The Morgan fingerprint density at radius 3 is 2.38 bits per heavy atom. The zero-order valence-corrected chi connectivity index (χ0v) is 16.1. The molecule has 2 aromatic carbocycles. The van der Waals surface area contributed by atoms with E-state index in [-0.39, 0.29) is 0 Å². The topological polar surface area (TPSA) is 76.9 Å². The number of benzene rings is 2.